The van der Waals surface area contributed by atoms with Crippen LogP contribution < -0.4 is 10.6 Å². The van der Waals surface area contributed by atoms with Crippen LogP contribution in [0.4, 0.5) is 8.78 Å². The van der Waals surface area contributed by atoms with E-state index in [2.05, 4.69) is 10.6 Å². The number of likely N-dealkylation sites (tertiary alicyclic amines) is 1. The minimum Gasteiger partial charge on any atom is -0.377 e. The molecule has 43 heavy (non-hydrogen) atoms. The maximum atomic E-state index is 13.8. The zero-order chi connectivity index (χ0) is 31.2. The van der Waals surface area contributed by atoms with Gasteiger partial charge in [-0.2, -0.15) is 0 Å². The lowest BCUT2D eigenvalue weighted by atomic mass is 9.91. The quantitative estimate of drug-likeness (QED) is 0.494. The van der Waals surface area contributed by atoms with E-state index < -0.39 is 12.0 Å². The summed E-state index contributed by atoms with van der Waals surface area (Å²) in [6, 6.07) is -1.63. The van der Waals surface area contributed by atoms with E-state index in [1.807, 2.05) is 25.7 Å². The van der Waals surface area contributed by atoms with E-state index in [4.69, 9.17) is 9.47 Å². The molecule has 4 fully saturated rings. The fraction of sp³-hybridized carbons (Fsp3) is 0.867. The second-order valence-corrected chi connectivity index (χ2v) is 13.6. The first kappa shape index (κ1) is 33.5. The summed E-state index contributed by atoms with van der Waals surface area (Å²) in [6.45, 7) is 7.91. The summed E-state index contributed by atoms with van der Waals surface area (Å²) in [7, 11) is 0. The summed E-state index contributed by atoms with van der Waals surface area (Å²) in [6.07, 6.45) is 2.22. The van der Waals surface area contributed by atoms with E-state index in [1.54, 1.807) is 4.90 Å². The van der Waals surface area contributed by atoms with E-state index in [1.165, 1.54) is 4.90 Å². The molecule has 3 saturated heterocycles. The van der Waals surface area contributed by atoms with Crippen molar-refractivity contribution in [2.75, 3.05) is 59.2 Å². The highest BCUT2D eigenvalue weighted by molar-refractivity contribution is 5.91. The molecular weight excluding hydrogens is 564 g/mol. The summed E-state index contributed by atoms with van der Waals surface area (Å²) in [5.74, 6) is -3.57. The van der Waals surface area contributed by atoms with Gasteiger partial charge >= 0.3 is 0 Å². The van der Waals surface area contributed by atoms with Gasteiger partial charge in [0.25, 0.3) is 0 Å². The van der Waals surface area contributed by atoms with Crippen LogP contribution in [0.3, 0.4) is 0 Å². The van der Waals surface area contributed by atoms with E-state index >= 15 is 0 Å². The zero-order valence-electron chi connectivity index (χ0n) is 25.9. The third-order valence-corrected chi connectivity index (χ3v) is 8.86. The van der Waals surface area contributed by atoms with Crippen LogP contribution in [-0.2, 0) is 28.7 Å². The number of carbonyl (C=O) groups is 4. The van der Waals surface area contributed by atoms with E-state index in [0.717, 1.165) is 0 Å². The molecule has 0 aromatic rings. The molecule has 13 heteroatoms. The van der Waals surface area contributed by atoms with Crippen LogP contribution in [0.15, 0.2) is 0 Å². The number of fused-ring (bicyclic) bond motifs is 1. The average molecular weight is 614 g/mol. The number of carbonyl (C=O) groups excluding carboxylic acids is 4. The monoisotopic (exact) mass is 613 g/mol. The summed E-state index contributed by atoms with van der Waals surface area (Å²) >= 11 is 0. The molecule has 2 atom stereocenters. The predicted octanol–water partition coefficient (Wildman–Crippen LogP) is 1.54. The van der Waals surface area contributed by atoms with Crippen LogP contribution in [0.1, 0.15) is 72.1 Å². The van der Waals surface area contributed by atoms with Gasteiger partial charge in [-0.15, -0.1) is 0 Å². The molecule has 2 N–H and O–H groups in total. The lowest BCUT2D eigenvalue weighted by molar-refractivity contribution is -0.149. The lowest BCUT2D eigenvalue weighted by Gasteiger charge is -2.40. The van der Waals surface area contributed by atoms with E-state index in [0.29, 0.717) is 58.2 Å². The molecule has 1 aliphatic carbocycles. The molecule has 0 radical (unpaired) electrons. The van der Waals surface area contributed by atoms with Crippen molar-refractivity contribution < 1.29 is 37.4 Å². The molecule has 0 aromatic heterocycles. The standard InChI is InChI=1S/C30H49F2N5O6/c1-29(2,3)18-24(38)35-12-6-22(7-13-35)37-19-25(39)36-14-8-23(34-21-4-9-30(31,32)10-5-21)27(36)28(41)33-11-15-42-16-17-43-20-26(37)40/h21-23,27,34H,4-20H2,1-3H3,(H,33,41)/t23-,27+/m1/s1. The topological polar surface area (TPSA) is 121 Å². The molecule has 244 valence electrons. The van der Waals surface area contributed by atoms with Crippen molar-refractivity contribution in [2.45, 2.75) is 102 Å². The smallest absolute Gasteiger partial charge is 0.249 e. The highest BCUT2D eigenvalue weighted by Gasteiger charge is 2.45. The Morgan fingerprint density at radius 1 is 0.930 bits per heavy atom. The molecule has 0 unspecified atom stereocenters. The van der Waals surface area contributed by atoms with Crippen molar-refractivity contribution in [3.63, 3.8) is 0 Å². The molecule has 0 bridgehead atoms. The van der Waals surface area contributed by atoms with Gasteiger partial charge in [-0.05, 0) is 37.5 Å². The Labute approximate surface area is 253 Å². The number of halogens is 2. The van der Waals surface area contributed by atoms with Crippen molar-refractivity contribution in [1.82, 2.24) is 25.3 Å². The predicted molar refractivity (Wildman–Crippen MR) is 154 cm³/mol. The summed E-state index contributed by atoms with van der Waals surface area (Å²) in [5.41, 5.74) is -0.127. The van der Waals surface area contributed by atoms with Crippen molar-refractivity contribution in [3.8, 4) is 0 Å². The van der Waals surface area contributed by atoms with Gasteiger partial charge in [0.1, 0.15) is 19.2 Å². The average Bonchev–Trinajstić information content (AvgIpc) is 3.36. The molecule has 3 aliphatic heterocycles. The Hall–Kier alpha value is -2.38. The summed E-state index contributed by atoms with van der Waals surface area (Å²) in [5, 5.41) is 6.27. The van der Waals surface area contributed by atoms with Gasteiger partial charge in [-0.25, -0.2) is 8.78 Å². The van der Waals surface area contributed by atoms with Crippen LogP contribution in [0.2, 0.25) is 0 Å². The van der Waals surface area contributed by atoms with Gasteiger partial charge in [0.2, 0.25) is 29.6 Å². The molecule has 4 aliphatic rings. The first-order valence-corrected chi connectivity index (χ1v) is 15.8. The van der Waals surface area contributed by atoms with Crippen molar-refractivity contribution in [2.24, 2.45) is 5.41 Å². The molecule has 1 saturated carbocycles. The van der Waals surface area contributed by atoms with Gasteiger partial charge in [-0.3, -0.25) is 19.2 Å². The van der Waals surface area contributed by atoms with Crippen molar-refractivity contribution in [3.05, 3.63) is 0 Å². The Morgan fingerprint density at radius 2 is 1.60 bits per heavy atom. The lowest BCUT2D eigenvalue weighted by Crippen LogP contribution is -2.58. The Balaban J connectivity index is 1.46. The van der Waals surface area contributed by atoms with Gasteiger partial charge in [0.05, 0.1) is 19.8 Å². The maximum absolute atomic E-state index is 13.8. The molecule has 4 amide bonds. The van der Waals surface area contributed by atoms with Crippen molar-refractivity contribution >= 4 is 23.6 Å². The minimum atomic E-state index is -2.66. The number of ether oxygens (including phenoxy) is 2. The largest absolute Gasteiger partial charge is 0.377 e. The SMILES string of the molecule is CC(C)(C)CC(=O)N1CCC(N2CC(=O)N3CC[C@@H](NC4CCC(F)(F)CC4)[C@H]3C(=O)NCCOCCOCC2=O)CC1. The van der Waals surface area contributed by atoms with Gasteiger partial charge in [0, 0.05) is 63.6 Å². The number of alkyl halides is 2. The Kier molecular flexibility index (Phi) is 11.4. The zero-order valence-corrected chi connectivity index (χ0v) is 25.9. The van der Waals surface area contributed by atoms with Gasteiger partial charge in [0.15, 0.2) is 0 Å². The van der Waals surface area contributed by atoms with Gasteiger partial charge in [-0.1, -0.05) is 20.8 Å². The number of nitrogens with one attached hydrogen (secondary N) is 2. The number of hydrogen-bond acceptors (Lipinski definition) is 7. The number of piperidine rings is 1. The van der Waals surface area contributed by atoms with Crippen LogP contribution in [0.25, 0.3) is 0 Å². The fourth-order valence-electron chi connectivity index (χ4n) is 6.54. The summed E-state index contributed by atoms with van der Waals surface area (Å²) < 4.78 is 38.6. The second-order valence-electron chi connectivity index (χ2n) is 13.6. The molecular formula is C30H49F2N5O6. The highest BCUT2D eigenvalue weighted by Crippen LogP contribution is 2.34. The number of nitrogens with zero attached hydrogens (tertiary/aromatic N) is 3. The third-order valence-electron chi connectivity index (χ3n) is 8.86. The van der Waals surface area contributed by atoms with Crippen molar-refractivity contribution in [1.29, 1.82) is 0 Å². The fourth-order valence-corrected chi connectivity index (χ4v) is 6.54. The van der Waals surface area contributed by atoms with E-state index in [9.17, 15) is 28.0 Å². The van der Waals surface area contributed by atoms with Crippen LogP contribution in [-0.4, -0.2) is 128 Å². The number of rotatable bonds is 4. The number of hydrogen-bond donors (Lipinski definition) is 2. The van der Waals surface area contributed by atoms with Gasteiger partial charge < -0.3 is 34.8 Å². The van der Waals surface area contributed by atoms with Crippen LogP contribution in [0.5, 0.6) is 0 Å². The van der Waals surface area contributed by atoms with E-state index in [-0.39, 0.29) is 99.5 Å². The highest BCUT2D eigenvalue weighted by atomic mass is 19.3. The normalized spacial score (nSPS) is 27.8. The molecule has 0 aromatic carbocycles. The Bertz CT molecular complexity index is 990. The second kappa shape index (κ2) is 14.6. The van der Waals surface area contributed by atoms with Crippen LogP contribution in [0, 0.1) is 5.41 Å². The number of amides is 4. The molecule has 4 rings (SSSR count). The van der Waals surface area contributed by atoms with Crippen LogP contribution >= 0.6 is 0 Å². The summed E-state index contributed by atoms with van der Waals surface area (Å²) in [4.78, 5) is 58.3. The molecule has 3 heterocycles. The maximum Gasteiger partial charge on any atom is 0.249 e. The first-order valence-electron chi connectivity index (χ1n) is 15.8. The molecule has 0 spiro atoms. The molecule has 11 nitrogen and oxygen atoms in total. The third kappa shape index (κ3) is 9.55. The minimum absolute atomic E-state index is 0.0832. The Morgan fingerprint density at radius 3 is 2.28 bits per heavy atom. The first-order chi connectivity index (χ1) is 20.3.